The second kappa shape index (κ2) is 5.91. The second-order valence-electron chi connectivity index (χ2n) is 2.62. The van der Waals surface area contributed by atoms with Crippen LogP contribution in [-0.4, -0.2) is 8.80 Å². The molecule has 0 aromatic rings. The van der Waals surface area contributed by atoms with Crippen LogP contribution in [0.3, 0.4) is 0 Å². The maximum Gasteiger partial charge on any atom is 0.0412 e. The van der Waals surface area contributed by atoms with Crippen LogP contribution in [0.25, 0.3) is 0 Å². The molecule has 0 nitrogen and oxygen atoms in total. The SMILES string of the molecule is C#CCCCC[Si](C)C. The van der Waals surface area contributed by atoms with E-state index in [1.165, 1.54) is 18.9 Å². The van der Waals surface area contributed by atoms with E-state index in [1.54, 1.807) is 0 Å². The van der Waals surface area contributed by atoms with Gasteiger partial charge in [-0.1, -0.05) is 25.6 Å². The Morgan fingerprint density at radius 2 is 2.00 bits per heavy atom. The van der Waals surface area contributed by atoms with Crippen molar-refractivity contribution in [3.63, 3.8) is 0 Å². The van der Waals surface area contributed by atoms with E-state index in [0.29, 0.717) is 0 Å². The van der Waals surface area contributed by atoms with Crippen LogP contribution in [0.2, 0.25) is 19.1 Å². The van der Waals surface area contributed by atoms with Crippen molar-refractivity contribution in [3.05, 3.63) is 0 Å². The molecule has 0 aliphatic carbocycles. The van der Waals surface area contributed by atoms with Gasteiger partial charge < -0.3 is 0 Å². The van der Waals surface area contributed by atoms with Crippen LogP contribution in [-0.2, 0) is 0 Å². The molecule has 0 spiro atoms. The van der Waals surface area contributed by atoms with E-state index in [9.17, 15) is 0 Å². The maximum absolute atomic E-state index is 5.10. The molecule has 0 aliphatic heterocycles. The molecule has 0 aromatic carbocycles. The Morgan fingerprint density at radius 1 is 1.33 bits per heavy atom. The third-order valence-electron chi connectivity index (χ3n) is 1.25. The zero-order chi connectivity index (χ0) is 7.11. The van der Waals surface area contributed by atoms with Crippen molar-refractivity contribution in [2.75, 3.05) is 0 Å². The molecule has 0 unspecified atom stereocenters. The van der Waals surface area contributed by atoms with Gasteiger partial charge >= 0.3 is 0 Å². The second-order valence-corrected chi connectivity index (χ2v) is 5.53. The fraction of sp³-hybridized carbons (Fsp3) is 0.750. The first-order valence-electron chi connectivity index (χ1n) is 3.50. The Bertz CT molecular complexity index is 89.2. The lowest BCUT2D eigenvalue weighted by Gasteiger charge is -1.98. The summed E-state index contributed by atoms with van der Waals surface area (Å²) in [7, 11) is 0.0163. The summed E-state index contributed by atoms with van der Waals surface area (Å²) in [6, 6.07) is 1.42. The summed E-state index contributed by atoms with van der Waals surface area (Å²) in [5.41, 5.74) is 0. The Morgan fingerprint density at radius 3 is 2.44 bits per heavy atom. The average molecular weight is 139 g/mol. The predicted molar refractivity (Wildman–Crippen MR) is 45.0 cm³/mol. The van der Waals surface area contributed by atoms with Crippen LogP contribution in [0.4, 0.5) is 0 Å². The van der Waals surface area contributed by atoms with Crippen LogP contribution in [0.1, 0.15) is 19.3 Å². The number of hydrogen-bond acceptors (Lipinski definition) is 0. The lowest BCUT2D eigenvalue weighted by atomic mass is 10.3. The lowest BCUT2D eigenvalue weighted by molar-refractivity contribution is 0.821. The van der Waals surface area contributed by atoms with Gasteiger partial charge in [0.1, 0.15) is 0 Å². The van der Waals surface area contributed by atoms with E-state index in [-0.39, 0.29) is 8.80 Å². The monoisotopic (exact) mass is 139 g/mol. The highest BCUT2D eigenvalue weighted by atomic mass is 28.3. The molecule has 0 rings (SSSR count). The molecule has 0 saturated heterocycles. The Balaban J connectivity index is 2.85. The summed E-state index contributed by atoms with van der Waals surface area (Å²) < 4.78 is 0. The van der Waals surface area contributed by atoms with Gasteiger partial charge in [0.25, 0.3) is 0 Å². The average Bonchev–Trinajstić information content (AvgIpc) is 1.80. The van der Waals surface area contributed by atoms with Gasteiger partial charge in [-0.3, -0.25) is 0 Å². The van der Waals surface area contributed by atoms with Gasteiger partial charge in [-0.25, -0.2) is 0 Å². The summed E-state index contributed by atoms with van der Waals surface area (Å²) in [6.07, 6.45) is 8.64. The summed E-state index contributed by atoms with van der Waals surface area (Å²) in [6.45, 7) is 4.70. The normalized spacial score (nSPS) is 9.56. The summed E-state index contributed by atoms with van der Waals surface area (Å²) in [5.74, 6) is 2.65. The summed E-state index contributed by atoms with van der Waals surface area (Å²) in [4.78, 5) is 0. The highest BCUT2D eigenvalue weighted by molar-refractivity contribution is 6.55. The molecule has 1 heteroatoms. The summed E-state index contributed by atoms with van der Waals surface area (Å²) in [5, 5.41) is 0. The fourth-order valence-electron chi connectivity index (χ4n) is 0.706. The third-order valence-corrected chi connectivity index (χ3v) is 2.60. The quantitative estimate of drug-likeness (QED) is 0.319. The van der Waals surface area contributed by atoms with Crippen molar-refractivity contribution in [1.29, 1.82) is 0 Å². The largest absolute Gasteiger partial charge is 0.120 e. The number of unbranched alkanes of at least 4 members (excludes halogenated alkanes) is 2. The van der Waals surface area contributed by atoms with Crippen molar-refractivity contribution < 1.29 is 0 Å². The molecule has 51 valence electrons. The van der Waals surface area contributed by atoms with E-state index in [4.69, 9.17) is 6.42 Å². The molecular formula is C8H15Si. The molecule has 0 saturated carbocycles. The Labute approximate surface area is 60.3 Å². The van der Waals surface area contributed by atoms with E-state index in [2.05, 4.69) is 19.0 Å². The Kier molecular flexibility index (Phi) is 5.76. The zero-order valence-corrected chi connectivity index (χ0v) is 7.41. The zero-order valence-electron chi connectivity index (χ0n) is 6.41. The fourth-order valence-corrected chi connectivity index (χ4v) is 1.66. The first-order chi connectivity index (χ1) is 4.27. The Hall–Kier alpha value is -0.223. The van der Waals surface area contributed by atoms with Crippen LogP contribution in [0.15, 0.2) is 0 Å². The summed E-state index contributed by atoms with van der Waals surface area (Å²) >= 11 is 0. The van der Waals surface area contributed by atoms with Gasteiger partial charge in [-0.15, -0.1) is 12.3 Å². The predicted octanol–water partition coefficient (Wildman–Crippen LogP) is 2.54. The molecule has 0 heterocycles. The van der Waals surface area contributed by atoms with Crippen LogP contribution in [0.5, 0.6) is 0 Å². The molecule has 9 heavy (non-hydrogen) atoms. The van der Waals surface area contributed by atoms with Crippen LogP contribution in [0, 0.1) is 12.3 Å². The van der Waals surface area contributed by atoms with Crippen molar-refractivity contribution in [1.82, 2.24) is 0 Å². The van der Waals surface area contributed by atoms with Crippen molar-refractivity contribution in [2.24, 2.45) is 0 Å². The topological polar surface area (TPSA) is 0 Å². The molecule has 0 N–H and O–H groups in total. The molecular weight excluding hydrogens is 124 g/mol. The van der Waals surface area contributed by atoms with Crippen LogP contribution < -0.4 is 0 Å². The standard InChI is InChI=1S/C8H15Si/c1-4-5-6-7-8-9(2)3/h1H,5-8H2,2-3H3. The smallest absolute Gasteiger partial charge is 0.0412 e. The van der Waals surface area contributed by atoms with Gasteiger partial charge in [0, 0.05) is 15.2 Å². The molecule has 1 radical (unpaired) electrons. The highest BCUT2D eigenvalue weighted by Gasteiger charge is 1.93. The first-order valence-corrected chi connectivity index (χ1v) is 6.20. The minimum atomic E-state index is 0.0163. The number of hydrogen-bond donors (Lipinski definition) is 0. The third kappa shape index (κ3) is 7.78. The molecule has 0 aliphatic rings. The highest BCUT2D eigenvalue weighted by Crippen LogP contribution is 2.02. The van der Waals surface area contributed by atoms with Gasteiger partial charge in [-0.2, -0.15) is 0 Å². The van der Waals surface area contributed by atoms with Gasteiger partial charge in [-0.05, 0) is 6.42 Å². The molecule has 0 bridgehead atoms. The maximum atomic E-state index is 5.10. The lowest BCUT2D eigenvalue weighted by Crippen LogP contribution is -1.97. The minimum Gasteiger partial charge on any atom is -0.120 e. The first kappa shape index (κ1) is 8.78. The molecule has 0 atom stereocenters. The number of rotatable bonds is 4. The van der Waals surface area contributed by atoms with E-state index in [0.717, 1.165) is 6.42 Å². The van der Waals surface area contributed by atoms with Crippen molar-refractivity contribution >= 4 is 8.80 Å². The van der Waals surface area contributed by atoms with Crippen molar-refractivity contribution in [3.8, 4) is 12.3 Å². The van der Waals surface area contributed by atoms with Crippen molar-refractivity contribution in [2.45, 2.75) is 38.4 Å². The van der Waals surface area contributed by atoms with Gasteiger partial charge in [0.2, 0.25) is 0 Å². The van der Waals surface area contributed by atoms with Crippen LogP contribution >= 0.6 is 0 Å². The van der Waals surface area contributed by atoms with E-state index >= 15 is 0 Å². The minimum absolute atomic E-state index is 0.0163. The van der Waals surface area contributed by atoms with Gasteiger partial charge in [0.05, 0.1) is 0 Å². The number of terminal acetylenes is 1. The molecule has 0 aromatic heterocycles. The molecule has 0 fully saturated rings. The van der Waals surface area contributed by atoms with Gasteiger partial charge in [0.15, 0.2) is 0 Å². The molecule has 0 amide bonds. The van der Waals surface area contributed by atoms with E-state index in [1.807, 2.05) is 0 Å². The van der Waals surface area contributed by atoms with E-state index < -0.39 is 0 Å².